The van der Waals surface area contributed by atoms with Crippen LogP contribution in [-0.4, -0.2) is 75.8 Å². The standard InChI is InChI=1S/C28H41N5O8S/c1-26(2,3)40-24(35)32-16(23(34)37-9)10-11-42-14-18-21-22(39-28(7,8)38-21)20(15-13-31-17(12-29)19(15)30)33(18)25(36)41-27(4,5)6/h13,16,20,22,31H,10-11,14,30H2,1-9H3,(H,32,35). The maximum Gasteiger partial charge on any atom is 0.415 e. The van der Waals surface area contributed by atoms with Crippen molar-refractivity contribution < 1.29 is 38.1 Å². The zero-order valence-electron chi connectivity index (χ0n) is 25.6. The number of carbonyl (C=O) groups is 3. The van der Waals surface area contributed by atoms with Crippen molar-refractivity contribution in [3.8, 4) is 6.07 Å². The van der Waals surface area contributed by atoms with Crippen molar-refractivity contribution in [3.05, 3.63) is 28.9 Å². The first kappa shape index (κ1) is 32.9. The topological polar surface area (TPSA) is 178 Å². The molecule has 3 unspecified atom stereocenters. The highest BCUT2D eigenvalue weighted by atomic mass is 32.2. The number of aromatic nitrogens is 1. The molecule has 4 N–H and O–H groups in total. The van der Waals surface area contributed by atoms with Gasteiger partial charge in [-0.05, 0) is 53.7 Å². The first-order valence-corrected chi connectivity index (χ1v) is 14.7. The number of rotatable bonds is 8. The number of methoxy groups -OCH3 is 1. The zero-order chi connectivity index (χ0) is 31.6. The second-order valence-electron chi connectivity index (χ2n) is 12.4. The van der Waals surface area contributed by atoms with Crippen molar-refractivity contribution in [2.45, 2.75) is 97.0 Å². The fraction of sp³-hybridized carbons (Fsp3) is 0.643. The van der Waals surface area contributed by atoms with E-state index in [2.05, 4.69) is 10.3 Å². The molecule has 1 saturated heterocycles. The van der Waals surface area contributed by atoms with Crippen LogP contribution in [0.15, 0.2) is 17.7 Å². The summed E-state index contributed by atoms with van der Waals surface area (Å²) in [5.74, 6) is -0.454. The number of thioether (sulfide) groups is 1. The van der Waals surface area contributed by atoms with Crippen LogP contribution in [0.4, 0.5) is 15.3 Å². The molecule has 0 spiro atoms. The molecule has 2 aliphatic heterocycles. The van der Waals surface area contributed by atoms with Gasteiger partial charge >= 0.3 is 18.2 Å². The van der Waals surface area contributed by atoms with Crippen molar-refractivity contribution in [1.29, 1.82) is 5.26 Å². The van der Waals surface area contributed by atoms with Gasteiger partial charge in [-0.1, -0.05) is 0 Å². The lowest BCUT2D eigenvalue weighted by Gasteiger charge is -2.33. The number of aromatic amines is 1. The van der Waals surface area contributed by atoms with Gasteiger partial charge in [-0.2, -0.15) is 17.0 Å². The molecule has 2 aliphatic rings. The molecule has 3 atom stereocenters. The van der Waals surface area contributed by atoms with Crippen LogP contribution in [0.25, 0.3) is 0 Å². The number of nitrogens with two attached hydrogens (primary N) is 1. The fourth-order valence-electron chi connectivity index (χ4n) is 4.53. The van der Waals surface area contributed by atoms with Crippen LogP contribution in [-0.2, 0) is 28.5 Å². The summed E-state index contributed by atoms with van der Waals surface area (Å²) in [6.45, 7) is 14.0. The molecule has 1 aromatic heterocycles. The Kier molecular flexibility index (Phi) is 9.68. The van der Waals surface area contributed by atoms with Gasteiger partial charge in [0.05, 0.1) is 18.5 Å². The molecule has 3 heterocycles. The molecule has 42 heavy (non-hydrogen) atoms. The van der Waals surface area contributed by atoms with Crippen LogP contribution in [0.5, 0.6) is 0 Å². The van der Waals surface area contributed by atoms with Gasteiger partial charge in [0.1, 0.15) is 41.2 Å². The molecule has 0 aliphatic carbocycles. The fourth-order valence-corrected chi connectivity index (χ4v) is 5.56. The Hall–Kier alpha value is -3.57. The summed E-state index contributed by atoms with van der Waals surface area (Å²) < 4.78 is 28.3. The number of anilines is 1. The van der Waals surface area contributed by atoms with Crippen LogP contribution >= 0.6 is 11.8 Å². The first-order valence-electron chi connectivity index (χ1n) is 13.5. The van der Waals surface area contributed by atoms with Crippen molar-refractivity contribution >= 4 is 35.6 Å². The lowest BCUT2D eigenvalue weighted by molar-refractivity contribution is -0.145. The molecule has 1 aromatic rings. The van der Waals surface area contributed by atoms with Gasteiger partial charge in [0, 0.05) is 31.4 Å². The number of nitriles is 1. The number of H-pyrrole nitrogens is 1. The number of nitrogens with one attached hydrogen (secondary N) is 2. The summed E-state index contributed by atoms with van der Waals surface area (Å²) in [6.07, 6.45) is -0.248. The predicted octanol–water partition coefficient (Wildman–Crippen LogP) is 4.31. The van der Waals surface area contributed by atoms with E-state index >= 15 is 0 Å². The Morgan fingerprint density at radius 2 is 1.86 bits per heavy atom. The van der Waals surface area contributed by atoms with Crippen LogP contribution in [0.1, 0.15) is 79.1 Å². The number of fused-ring (bicyclic) bond motifs is 1. The minimum Gasteiger partial charge on any atom is -0.467 e. The molecule has 0 radical (unpaired) electrons. The number of alkyl carbamates (subject to hydrolysis) is 1. The molecular formula is C28H41N5O8S. The SMILES string of the molecule is COC(=O)C(CCSCC1=C2OC(C)(C)OC2C(c2c[nH]c(C#N)c2N)N1C(=O)OC(C)(C)C)NC(=O)OC(C)(C)C. The molecule has 14 heteroatoms. The van der Waals surface area contributed by atoms with Crippen molar-refractivity contribution in [1.82, 2.24) is 15.2 Å². The Morgan fingerprint density at radius 3 is 2.40 bits per heavy atom. The molecule has 0 aromatic carbocycles. The number of nitrogens with zero attached hydrogens (tertiary/aromatic N) is 2. The maximum atomic E-state index is 13.7. The van der Waals surface area contributed by atoms with Crippen LogP contribution in [0, 0.1) is 11.3 Å². The Bertz CT molecular complexity index is 1270. The number of hydrogen-bond donors (Lipinski definition) is 3. The first-order chi connectivity index (χ1) is 19.4. The Balaban J connectivity index is 1.87. The summed E-state index contributed by atoms with van der Waals surface area (Å²) in [5.41, 5.74) is 6.16. The van der Waals surface area contributed by atoms with Crippen molar-refractivity contribution in [2.75, 3.05) is 24.3 Å². The monoisotopic (exact) mass is 607 g/mol. The number of nitrogen functional groups attached to an aromatic ring is 1. The summed E-state index contributed by atoms with van der Waals surface area (Å²) in [4.78, 5) is 42.6. The van der Waals surface area contributed by atoms with E-state index in [1.807, 2.05) is 6.07 Å². The van der Waals surface area contributed by atoms with E-state index in [4.69, 9.17) is 29.4 Å². The lowest BCUT2D eigenvalue weighted by Crippen LogP contribution is -2.44. The highest BCUT2D eigenvalue weighted by molar-refractivity contribution is 7.99. The Labute approximate surface area is 250 Å². The molecule has 3 rings (SSSR count). The van der Waals surface area contributed by atoms with Gasteiger partial charge in [-0.3, -0.25) is 4.90 Å². The highest BCUT2D eigenvalue weighted by Gasteiger charge is 2.55. The molecular weight excluding hydrogens is 566 g/mol. The molecule has 232 valence electrons. The zero-order valence-corrected chi connectivity index (χ0v) is 26.4. The van der Waals surface area contributed by atoms with Gasteiger partial charge in [0.15, 0.2) is 5.76 Å². The molecule has 13 nitrogen and oxygen atoms in total. The normalized spacial score (nSPS) is 20.3. The summed E-state index contributed by atoms with van der Waals surface area (Å²) in [7, 11) is 1.24. The third-order valence-electron chi connectivity index (χ3n) is 6.10. The minimum atomic E-state index is -0.982. The summed E-state index contributed by atoms with van der Waals surface area (Å²) >= 11 is 1.41. The van der Waals surface area contributed by atoms with Gasteiger partial charge in [0.25, 0.3) is 0 Å². The van der Waals surface area contributed by atoms with Crippen molar-refractivity contribution in [3.63, 3.8) is 0 Å². The van der Waals surface area contributed by atoms with E-state index in [1.165, 1.54) is 23.8 Å². The van der Waals surface area contributed by atoms with Crippen molar-refractivity contribution in [2.24, 2.45) is 0 Å². The van der Waals surface area contributed by atoms with Crippen LogP contribution in [0.3, 0.4) is 0 Å². The number of carbonyl (C=O) groups excluding carboxylic acids is 3. The van der Waals surface area contributed by atoms with E-state index in [0.717, 1.165) is 0 Å². The van der Waals surface area contributed by atoms with Crippen LogP contribution in [0.2, 0.25) is 0 Å². The number of hydrogen-bond acceptors (Lipinski definition) is 11. The molecule has 1 fully saturated rings. The number of ether oxygens (including phenoxy) is 5. The minimum absolute atomic E-state index is 0.169. The van der Waals surface area contributed by atoms with E-state index in [1.54, 1.807) is 61.6 Å². The smallest absolute Gasteiger partial charge is 0.415 e. The molecule has 0 bridgehead atoms. The molecule has 0 saturated carbocycles. The molecule has 2 amide bonds. The predicted molar refractivity (Wildman–Crippen MR) is 155 cm³/mol. The highest BCUT2D eigenvalue weighted by Crippen LogP contribution is 2.51. The summed E-state index contributed by atoms with van der Waals surface area (Å²) in [6, 6.07) is 0.322. The van der Waals surface area contributed by atoms with Gasteiger partial charge < -0.3 is 39.7 Å². The average molecular weight is 608 g/mol. The van der Waals surface area contributed by atoms with Gasteiger partial charge in [0.2, 0.25) is 5.79 Å². The van der Waals surface area contributed by atoms with Crippen LogP contribution < -0.4 is 11.1 Å². The second kappa shape index (κ2) is 12.3. The van der Waals surface area contributed by atoms with E-state index in [0.29, 0.717) is 22.8 Å². The third kappa shape index (κ3) is 7.83. The number of esters is 1. The van der Waals surface area contributed by atoms with E-state index < -0.39 is 53.3 Å². The quantitative estimate of drug-likeness (QED) is 0.218. The average Bonchev–Trinajstić information content (AvgIpc) is 3.45. The largest absolute Gasteiger partial charge is 0.467 e. The van der Waals surface area contributed by atoms with Gasteiger partial charge in [-0.25, -0.2) is 14.4 Å². The van der Waals surface area contributed by atoms with E-state index in [9.17, 15) is 19.6 Å². The number of amides is 2. The van der Waals surface area contributed by atoms with E-state index in [-0.39, 0.29) is 23.6 Å². The maximum absolute atomic E-state index is 13.7. The Morgan fingerprint density at radius 1 is 1.21 bits per heavy atom. The second-order valence-corrected chi connectivity index (χ2v) is 13.5. The third-order valence-corrected chi connectivity index (χ3v) is 7.11. The lowest BCUT2D eigenvalue weighted by atomic mass is 10.0. The summed E-state index contributed by atoms with van der Waals surface area (Å²) in [5, 5.41) is 12.0. The van der Waals surface area contributed by atoms with Gasteiger partial charge in [-0.15, -0.1) is 0 Å².